The molecule has 20 heavy (non-hydrogen) atoms. The van der Waals surface area contributed by atoms with Crippen molar-refractivity contribution in [1.29, 1.82) is 0 Å². The van der Waals surface area contributed by atoms with Crippen molar-refractivity contribution in [2.45, 2.75) is 62.4 Å². The first-order valence-corrected chi connectivity index (χ1v) is 11.6. The smallest absolute Gasteiger partial charge is 0.0776 e. The Hall–Kier alpha value is -0.653. The van der Waals surface area contributed by atoms with Crippen molar-refractivity contribution in [2.24, 2.45) is 5.92 Å². The molecular weight excluding hydrogens is 276 g/mol. The van der Waals surface area contributed by atoms with E-state index >= 15 is 0 Å². The number of hydrogen-bond donors (Lipinski definition) is 0. The minimum atomic E-state index is -1.28. The minimum Gasteiger partial charge on any atom is -0.120 e. The molecule has 0 aromatic heterocycles. The van der Waals surface area contributed by atoms with Crippen LogP contribution in [0.4, 0.5) is 0 Å². The van der Waals surface area contributed by atoms with Crippen LogP contribution in [0.15, 0.2) is 23.1 Å². The van der Waals surface area contributed by atoms with Crippen LogP contribution >= 0.6 is 11.8 Å². The van der Waals surface area contributed by atoms with Crippen LogP contribution in [0.1, 0.15) is 33.3 Å². The average molecular weight is 303 g/mol. The fraction of sp³-hybridized carbons (Fsp3) is 0.556. The largest absolute Gasteiger partial charge is 0.120 e. The summed E-state index contributed by atoms with van der Waals surface area (Å²) in [5.41, 5.74) is 1.48. The van der Waals surface area contributed by atoms with E-state index in [0.717, 1.165) is 0 Å². The van der Waals surface area contributed by atoms with Gasteiger partial charge in [-0.25, -0.2) is 0 Å². The molecule has 1 aliphatic rings. The molecule has 1 unspecified atom stereocenters. The molecule has 108 valence electrons. The highest BCUT2D eigenvalue weighted by Crippen LogP contribution is 2.54. The van der Waals surface area contributed by atoms with Gasteiger partial charge in [0.1, 0.15) is 0 Å². The summed E-state index contributed by atoms with van der Waals surface area (Å²) >= 11 is 1.94. The van der Waals surface area contributed by atoms with Crippen LogP contribution in [0.5, 0.6) is 0 Å². The summed E-state index contributed by atoms with van der Waals surface area (Å²) in [4.78, 5) is 1.41. The van der Waals surface area contributed by atoms with Gasteiger partial charge in [0, 0.05) is 21.0 Å². The Morgan fingerprint density at radius 1 is 1.15 bits per heavy atom. The predicted octanol–water partition coefficient (Wildman–Crippen LogP) is 4.64. The normalized spacial score (nSPS) is 23.8. The third kappa shape index (κ3) is 2.47. The van der Waals surface area contributed by atoms with Gasteiger partial charge < -0.3 is 0 Å². The quantitative estimate of drug-likeness (QED) is 0.538. The van der Waals surface area contributed by atoms with Gasteiger partial charge in [0.2, 0.25) is 0 Å². The Kier molecular flexibility index (Phi) is 3.68. The van der Waals surface area contributed by atoms with Gasteiger partial charge >= 0.3 is 0 Å². The van der Waals surface area contributed by atoms with Gasteiger partial charge in [0.25, 0.3) is 0 Å². The summed E-state index contributed by atoms with van der Waals surface area (Å²) in [6, 6.07) is 7.10. The van der Waals surface area contributed by atoms with Crippen LogP contribution in [-0.2, 0) is 5.41 Å². The standard InChI is InChI=1S/C18H26SSi/c1-9-16-17(2,3)14-12-13(20(6,7)8)10-11-15(14)19-18(16,4)5/h1,10-12,16H,2-8H3. The molecule has 0 bridgehead atoms. The van der Waals surface area contributed by atoms with Gasteiger partial charge in [-0.3, -0.25) is 0 Å². The fourth-order valence-electron chi connectivity index (χ4n) is 3.36. The highest BCUT2D eigenvalue weighted by molar-refractivity contribution is 8.00. The molecule has 0 radical (unpaired) electrons. The number of benzene rings is 1. The monoisotopic (exact) mass is 302 g/mol. The molecule has 0 N–H and O–H groups in total. The van der Waals surface area contributed by atoms with Gasteiger partial charge in [-0.2, -0.15) is 0 Å². The highest BCUT2D eigenvalue weighted by atomic mass is 32.2. The Morgan fingerprint density at radius 3 is 2.25 bits per heavy atom. The molecule has 1 aromatic carbocycles. The maximum Gasteiger partial charge on any atom is 0.0776 e. The van der Waals surface area contributed by atoms with Crippen LogP contribution in [0.25, 0.3) is 0 Å². The Bertz CT molecular complexity index is 570. The molecular formula is C18H26SSi. The Morgan fingerprint density at radius 2 is 1.75 bits per heavy atom. The van der Waals surface area contributed by atoms with Crippen molar-refractivity contribution in [2.75, 3.05) is 0 Å². The van der Waals surface area contributed by atoms with Crippen LogP contribution in [0, 0.1) is 18.3 Å². The second-order valence-corrected chi connectivity index (χ2v) is 14.8. The topological polar surface area (TPSA) is 0 Å². The van der Waals surface area contributed by atoms with Crippen LogP contribution in [0.3, 0.4) is 0 Å². The van der Waals surface area contributed by atoms with Crippen molar-refractivity contribution in [1.82, 2.24) is 0 Å². The summed E-state index contributed by atoms with van der Waals surface area (Å²) < 4.78 is 0.0892. The first-order valence-electron chi connectivity index (χ1n) is 7.30. The number of hydrogen-bond acceptors (Lipinski definition) is 1. The summed E-state index contributed by atoms with van der Waals surface area (Å²) in [7, 11) is -1.28. The van der Waals surface area contributed by atoms with Crippen molar-refractivity contribution in [3.8, 4) is 12.3 Å². The number of terminal acetylenes is 1. The lowest BCUT2D eigenvalue weighted by atomic mass is 9.68. The van der Waals surface area contributed by atoms with E-state index in [4.69, 9.17) is 6.42 Å². The first-order chi connectivity index (χ1) is 9.00. The SMILES string of the molecule is C#CC1C(C)(C)Sc2ccc([Si](C)(C)C)cc2C1(C)C. The molecule has 0 saturated carbocycles. The van der Waals surface area contributed by atoms with Crippen molar-refractivity contribution in [3.63, 3.8) is 0 Å². The van der Waals surface area contributed by atoms with E-state index in [1.54, 1.807) is 0 Å². The van der Waals surface area contributed by atoms with E-state index in [0.29, 0.717) is 0 Å². The average Bonchev–Trinajstić information content (AvgIpc) is 2.25. The van der Waals surface area contributed by atoms with Crippen LogP contribution in [0.2, 0.25) is 19.6 Å². The number of fused-ring (bicyclic) bond motifs is 1. The molecule has 0 fully saturated rings. The molecule has 1 aliphatic heterocycles. The van der Waals surface area contributed by atoms with E-state index in [-0.39, 0.29) is 16.1 Å². The third-order valence-electron chi connectivity index (χ3n) is 4.50. The molecule has 2 heteroatoms. The van der Waals surface area contributed by atoms with E-state index < -0.39 is 8.07 Å². The molecule has 1 heterocycles. The maximum atomic E-state index is 5.88. The van der Waals surface area contributed by atoms with Crippen molar-refractivity contribution >= 4 is 25.0 Å². The summed E-state index contributed by atoms with van der Waals surface area (Å²) in [5.74, 6) is 3.33. The van der Waals surface area contributed by atoms with E-state index in [1.165, 1.54) is 15.6 Å². The Balaban J connectivity index is 2.64. The minimum absolute atomic E-state index is 0.0362. The number of thioether (sulfide) groups is 1. The highest BCUT2D eigenvalue weighted by Gasteiger charge is 2.46. The summed E-state index contributed by atoms with van der Waals surface area (Å²) in [5, 5.41) is 1.53. The zero-order valence-electron chi connectivity index (χ0n) is 13.8. The first kappa shape index (κ1) is 15.7. The molecule has 0 aliphatic carbocycles. The maximum absolute atomic E-state index is 5.88. The third-order valence-corrected chi connectivity index (χ3v) is 7.88. The lowest BCUT2D eigenvalue weighted by molar-refractivity contribution is 0.322. The Labute approximate surface area is 129 Å². The van der Waals surface area contributed by atoms with Crippen LogP contribution < -0.4 is 5.19 Å². The van der Waals surface area contributed by atoms with Crippen molar-refractivity contribution in [3.05, 3.63) is 23.8 Å². The predicted molar refractivity (Wildman–Crippen MR) is 94.7 cm³/mol. The summed E-state index contributed by atoms with van der Waals surface area (Å²) in [6.45, 7) is 16.4. The molecule has 0 amide bonds. The number of rotatable bonds is 1. The lowest BCUT2D eigenvalue weighted by Crippen LogP contribution is -2.46. The fourth-order valence-corrected chi connectivity index (χ4v) is 6.14. The van der Waals surface area contributed by atoms with Gasteiger partial charge in [-0.05, 0) is 25.5 Å². The lowest BCUT2D eigenvalue weighted by Gasteiger charge is -2.47. The zero-order chi connectivity index (χ0) is 15.3. The van der Waals surface area contributed by atoms with Crippen molar-refractivity contribution < 1.29 is 0 Å². The second-order valence-electron chi connectivity index (χ2n) is 7.99. The van der Waals surface area contributed by atoms with E-state index in [2.05, 4.69) is 71.5 Å². The van der Waals surface area contributed by atoms with Gasteiger partial charge in [0.05, 0.1) is 8.07 Å². The molecule has 0 spiro atoms. The van der Waals surface area contributed by atoms with Gasteiger partial charge in [-0.1, -0.05) is 50.8 Å². The molecule has 1 atom stereocenters. The summed E-state index contributed by atoms with van der Waals surface area (Å²) in [6.07, 6.45) is 5.88. The molecule has 0 nitrogen and oxygen atoms in total. The van der Waals surface area contributed by atoms with E-state index in [9.17, 15) is 0 Å². The van der Waals surface area contributed by atoms with Gasteiger partial charge in [0.15, 0.2) is 0 Å². The molecule has 0 saturated heterocycles. The van der Waals surface area contributed by atoms with Gasteiger partial charge in [-0.15, -0.1) is 24.1 Å². The van der Waals surface area contributed by atoms with E-state index in [1.807, 2.05) is 11.8 Å². The molecule has 1 aromatic rings. The second kappa shape index (κ2) is 4.68. The van der Waals surface area contributed by atoms with Crippen LogP contribution in [-0.4, -0.2) is 12.8 Å². The zero-order valence-corrected chi connectivity index (χ0v) is 15.6. The molecule has 2 rings (SSSR count).